The predicted octanol–water partition coefficient (Wildman–Crippen LogP) is 3.46. The number of amidine groups is 1. The number of hydrogen-bond acceptors (Lipinski definition) is 3. The molecular formula is C13H22N4. The van der Waals surface area contributed by atoms with Gasteiger partial charge in [0.15, 0.2) is 0 Å². The molecule has 0 radical (unpaired) electrons. The van der Waals surface area contributed by atoms with Crippen molar-refractivity contribution < 1.29 is 0 Å². The van der Waals surface area contributed by atoms with Gasteiger partial charge >= 0.3 is 0 Å². The Hall–Kier alpha value is -1.55. The van der Waals surface area contributed by atoms with Crippen molar-refractivity contribution in [1.29, 1.82) is 10.9 Å². The molecule has 4 N–H and O–H groups in total. The Bertz CT molecular complexity index is 360. The third-order valence-corrected chi connectivity index (χ3v) is 2.22. The quantitative estimate of drug-likeness (QED) is 0.388. The van der Waals surface area contributed by atoms with E-state index in [0.717, 1.165) is 0 Å². The molecule has 1 aromatic carbocycles. The molecule has 0 atom stereocenters. The second-order valence-electron chi connectivity index (χ2n) is 4.85. The number of nitrogens with zero attached hydrogens (tertiary/aromatic N) is 1. The Balaban J connectivity index is 0.000000437. The first-order valence-corrected chi connectivity index (χ1v) is 5.53. The van der Waals surface area contributed by atoms with Crippen LogP contribution in [-0.4, -0.2) is 5.84 Å². The first kappa shape index (κ1) is 15.4. The summed E-state index contributed by atoms with van der Waals surface area (Å²) >= 11 is 0. The fourth-order valence-electron chi connectivity index (χ4n) is 1.14. The Morgan fingerprint density at radius 3 is 1.88 bits per heavy atom. The van der Waals surface area contributed by atoms with Crippen LogP contribution in [0, 0.1) is 10.9 Å². The molecular weight excluding hydrogens is 212 g/mol. The maximum absolute atomic E-state index is 6.39. The van der Waals surface area contributed by atoms with Crippen molar-refractivity contribution in [1.82, 2.24) is 0 Å². The van der Waals surface area contributed by atoms with Gasteiger partial charge in [-0.2, -0.15) is 0 Å². The topological polar surface area (TPSA) is 86.1 Å². The number of nitrogens with two attached hydrogens (primary N) is 1. The SMILES string of the molecule is CC(=N)N=N.CC(C)(C)c1ccc(CN)cc1. The number of benzene rings is 1. The van der Waals surface area contributed by atoms with Gasteiger partial charge in [0, 0.05) is 6.54 Å². The van der Waals surface area contributed by atoms with Crippen molar-refractivity contribution in [2.75, 3.05) is 0 Å². The minimum absolute atomic E-state index is 0.0463. The van der Waals surface area contributed by atoms with E-state index in [9.17, 15) is 0 Å². The van der Waals surface area contributed by atoms with Crippen molar-refractivity contribution in [3.8, 4) is 0 Å². The van der Waals surface area contributed by atoms with E-state index in [1.807, 2.05) is 0 Å². The van der Waals surface area contributed by atoms with Crippen LogP contribution in [-0.2, 0) is 12.0 Å². The summed E-state index contributed by atoms with van der Waals surface area (Å²) in [5.74, 6) is 0.0463. The molecule has 1 aromatic rings. The van der Waals surface area contributed by atoms with Gasteiger partial charge in [-0.05, 0) is 23.5 Å². The third kappa shape index (κ3) is 6.58. The van der Waals surface area contributed by atoms with Gasteiger partial charge in [-0.1, -0.05) is 45.0 Å². The molecule has 0 aliphatic heterocycles. The van der Waals surface area contributed by atoms with Gasteiger partial charge in [0.2, 0.25) is 0 Å². The Morgan fingerprint density at radius 2 is 1.65 bits per heavy atom. The lowest BCUT2D eigenvalue weighted by atomic mass is 9.87. The second kappa shape index (κ2) is 6.91. The summed E-state index contributed by atoms with van der Waals surface area (Å²) < 4.78 is 0. The summed E-state index contributed by atoms with van der Waals surface area (Å²) in [5, 5.41) is 9.11. The van der Waals surface area contributed by atoms with E-state index in [1.165, 1.54) is 18.1 Å². The monoisotopic (exact) mass is 234 g/mol. The molecule has 17 heavy (non-hydrogen) atoms. The van der Waals surface area contributed by atoms with Crippen LogP contribution in [0.25, 0.3) is 0 Å². The molecule has 0 aliphatic rings. The Labute approximate surface area is 103 Å². The molecule has 4 nitrogen and oxygen atoms in total. The zero-order chi connectivity index (χ0) is 13.5. The van der Waals surface area contributed by atoms with E-state index >= 15 is 0 Å². The zero-order valence-electron chi connectivity index (χ0n) is 11.0. The van der Waals surface area contributed by atoms with Crippen LogP contribution >= 0.6 is 0 Å². The fourth-order valence-corrected chi connectivity index (χ4v) is 1.14. The van der Waals surface area contributed by atoms with Crippen LogP contribution in [0.3, 0.4) is 0 Å². The highest BCUT2D eigenvalue weighted by molar-refractivity contribution is 5.75. The molecule has 1 rings (SSSR count). The zero-order valence-corrected chi connectivity index (χ0v) is 11.0. The molecule has 0 aromatic heterocycles. The molecule has 0 spiro atoms. The highest BCUT2D eigenvalue weighted by atomic mass is 15.0. The van der Waals surface area contributed by atoms with Gasteiger partial charge in [-0.25, -0.2) is 5.53 Å². The van der Waals surface area contributed by atoms with Crippen molar-refractivity contribution in [3.63, 3.8) is 0 Å². The molecule has 0 heterocycles. The minimum Gasteiger partial charge on any atom is -0.326 e. The van der Waals surface area contributed by atoms with Gasteiger partial charge in [0.25, 0.3) is 0 Å². The normalized spacial score (nSPS) is 10.2. The molecule has 0 fully saturated rings. The lowest BCUT2D eigenvalue weighted by molar-refractivity contribution is 0.590. The highest BCUT2D eigenvalue weighted by Gasteiger charge is 2.12. The molecule has 0 bridgehead atoms. The number of nitrogens with one attached hydrogen (secondary N) is 2. The van der Waals surface area contributed by atoms with E-state index in [0.29, 0.717) is 6.54 Å². The van der Waals surface area contributed by atoms with Crippen LogP contribution in [0.2, 0.25) is 0 Å². The minimum atomic E-state index is 0.0463. The van der Waals surface area contributed by atoms with E-state index in [-0.39, 0.29) is 11.3 Å². The molecule has 0 unspecified atom stereocenters. The Kier molecular flexibility index (Phi) is 6.28. The molecule has 0 saturated heterocycles. The van der Waals surface area contributed by atoms with Gasteiger partial charge < -0.3 is 5.73 Å². The summed E-state index contributed by atoms with van der Waals surface area (Å²) in [4.78, 5) is 0. The van der Waals surface area contributed by atoms with Gasteiger partial charge in [0.05, 0.1) is 0 Å². The van der Waals surface area contributed by atoms with Crippen LogP contribution in [0.5, 0.6) is 0 Å². The second-order valence-corrected chi connectivity index (χ2v) is 4.85. The lowest BCUT2D eigenvalue weighted by Crippen LogP contribution is -2.10. The van der Waals surface area contributed by atoms with Gasteiger partial charge in [-0.3, -0.25) is 5.41 Å². The average molecular weight is 234 g/mol. The van der Waals surface area contributed by atoms with Crippen molar-refractivity contribution >= 4 is 5.84 Å². The number of rotatable bonds is 1. The Morgan fingerprint density at radius 1 is 1.24 bits per heavy atom. The van der Waals surface area contributed by atoms with Gasteiger partial charge in [0.1, 0.15) is 5.84 Å². The van der Waals surface area contributed by atoms with E-state index in [4.69, 9.17) is 16.7 Å². The third-order valence-electron chi connectivity index (χ3n) is 2.22. The first-order chi connectivity index (χ1) is 7.81. The van der Waals surface area contributed by atoms with Crippen molar-refractivity contribution in [2.45, 2.75) is 39.7 Å². The van der Waals surface area contributed by atoms with E-state index in [1.54, 1.807) is 0 Å². The van der Waals surface area contributed by atoms with E-state index < -0.39 is 0 Å². The van der Waals surface area contributed by atoms with E-state index in [2.05, 4.69) is 50.2 Å². The highest BCUT2D eigenvalue weighted by Crippen LogP contribution is 2.21. The van der Waals surface area contributed by atoms with Crippen molar-refractivity contribution in [2.24, 2.45) is 10.8 Å². The standard InChI is InChI=1S/C11H17N.C2H5N3/c1-11(2,3)10-6-4-9(8-12)5-7-10;1-2(3)5-4/h4-7H,8,12H2,1-3H3;3-4H,1H3. The molecule has 0 amide bonds. The van der Waals surface area contributed by atoms with Crippen LogP contribution in [0.1, 0.15) is 38.8 Å². The smallest absolute Gasteiger partial charge is 0.139 e. The largest absolute Gasteiger partial charge is 0.326 e. The summed E-state index contributed by atoms with van der Waals surface area (Å²) in [6.45, 7) is 8.72. The summed E-state index contributed by atoms with van der Waals surface area (Å²) in [5.41, 5.74) is 14.4. The first-order valence-electron chi connectivity index (χ1n) is 5.53. The average Bonchev–Trinajstić information content (AvgIpc) is 2.29. The molecule has 0 aliphatic carbocycles. The van der Waals surface area contributed by atoms with Crippen LogP contribution in [0.15, 0.2) is 29.4 Å². The van der Waals surface area contributed by atoms with Gasteiger partial charge in [-0.15, -0.1) is 5.11 Å². The summed E-state index contributed by atoms with van der Waals surface area (Å²) in [6.07, 6.45) is 0. The van der Waals surface area contributed by atoms with Crippen molar-refractivity contribution in [3.05, 3.63) is 35.4 Å². The maximum Gasteiger partial charge on any atom is 0.139 e. The van der Waals surface area contributed by atoms with Crippen LogP contribution in [0.4, 0.5) is 0 Å². The summed E-state index contributed by atoms with van der Waals surface area (Å²) in [7, 11) is 0. The molecule has 94 valence electrons. The molecule has 0 saturated carbocycles. The summed E-state index contributed by atoms with van der Waals surface area (Å²) in [6, 6.07) is 8.51. The fraction of sp³-hybridized carbons (Fsp3) is 0.462. The van der Waals surface area contributed by atoms with Crippen LogP contribution < -0.4 is 5.73 Å². The maximum atomic E-state index is 6.39. The predicted molar refractivity (Wildman–Crippen MR) is 71.6 cm³/mol. The number of hydrogen-bond donors (Lipinski definition) is 3. The lowest BCUT2D eigenvalue weighted by Gasteiger charge is -2.18. The molecule has 4 heteroatoms.